The molecule has 2 rings (SSSR count). The molecule has 94 valence electrons. The summed E-state index contributed by atoms with van der Waals surface area (Å²) in [6, 6.07) is 4.85. The maximum atomic E-state index is 11.9. The average molecular weight is 302 g/mol. The summed E-state index contributed by atoms with van der Waals surface area (Å²) >= 11 is 13.0. The van der Waals surface area contributed by atoms with Gasteiger partial charge in [0.05, 0.1) is 15.8 Å². The summed E-state index contributed by atoms with van der Waals surface area (Å²) in [5, 5.41) is 5.45. The van der Waals surface area contributed by atoms with Gasteiger partial charge in [0, 0.05) is 12.6 Å². The monoisotopic (exact) mass is 301 g/mol. The molecule has 0 bridgehead atoms. The van der Waals surface area contributed by atoms with Crippen molar-refractivity contribution in [1.82, 2.24) is 14.8 Å². The number of aryl methyl sites for hydroxylation is 1. The van der Waals surface area contributed by atoms with E-state index in [1.54, 1.807) is 29.9 Å². The smallest absolute Gasteiger partial charge is 0.186 e. The second kappa shape index (κ2) is 5.73. The minimum Gasteiger partial charge on any atom is -0.293 e. The summed E-state index contributed by atoms with van der Waals surface area (Å²) in [4.78, 5) is 16.0. The van der Waals surface area contributed by atoms with Crippen molar-refractivity contribution in [2.24, 2.45) is 7.05 Å². The Labute approximate surface area is 118 Å². The van der Waals surface area contributed by atoms with Crippen LogP contribution in [0.15, 0.2) is 29.7 Å². The second-order valence-electron chi connectivity index (χ2n) is 3.51. The first-order valence-electron chi connectivity index (χ1n) is 5.03. The van der Waals surface area contributed by atoms with Crippen LogP contribution in [0.1, 0.15) is 10.4 Å². The fraction of sp³-hybridized carbons (Fsp3) is 0.182. The van der Waals surface area contributed by atoms with Crippen LogP contribution in [0.2, 0.25) is 10.0 Å². The van der Waals surface area contributed by atoms with Crippen molar-refractivity contribution in [3.8, 4) is 0 Å². The zero-order chi connectivity index (χ0) is 13.1. The molecular weight excluding hydrogens is 293 g/mol. The topological polar surface area (TPSA) is 47.8 Å². The number of benzene rings is 1. The lowest BCUT2D eigenvalue weighted by Crippen LogP contribution is -2.04. The lowest BCUT2D eigenvalue weighted by atomic mass is 10.1. The highest BCUT2D eigenvalue weighted by Gasteiger charge is 2.10. The molecule has 7 heteroatoms. The van der Waals surface area contributed by atoms with E-state index in [2.05, 4.69) is 10.1 Å². The molecule has 1 aromatic carbocycles. The van der Waals surface area contributed by atoms with Crippen LogP contribution in [0.5, 0.6) is 0 Å². The number of carbonyl (C=O) groups is 1. The number of thioether (sulfide) groups is 1. The fourth-order valence-corrected chi connectivity index (χ4v) is 2.38. The first-order valence-corrected chi connectivity index (χ1v) is 6.77. The standard InChI is InChI=1S/C11H9Cl2N3OS/c1-16-11(14-6-15-16)18-5-10(17)7-2-3-8(12)9(13)4-7/h2-4,6H,5H2,1H3. The molecule has 1 heterocycles. The number of hydrogen-bond acceptors (Lipinski definition) is 4. The number of rotatable bonds is 4. The predicted molar refractivity (Wildman–Crippen MR) is 72.5 cm³/mol. The molecule has 18 heavy (non-hydrogen) atoms. The van der Waals surface area contributed by atoms with Crippen LogP contribution in [0.3, 0.4) is 0 Å². The Balaban J connectivity index is 2.04. The van der Waals surface area contributed by atoms with E-state index in [0.717, 1.165) is 0 Å². The minimum atomic E-state index is -0.0263. The molecule has 0 aliphatic carbocycles. The molecule has 0 spiro atoms. The van der Waals surface area contributed by atoms with Crippen LogP contribution in [0, 0.1) is 0 Å². The molecule has 4 nitrogen and oxygen atoms in total. The van der Waals surface area contributed by atoms with Crippen LogP contribution < -0.4 is 0 Å². The normalized spacial score (nSPS) is 10.6. The van der Waals surface area contributed by atoms with Gasteiger partial charge in [-0.25, -0.2) is 9.67 Å². The van der Waals surface area contributed by atoms with Gasteiger partial charge in [-0.1, -0.05) is 35.0 Å². The van der Waals surface area contributed by atoms with Gasteiger partial charge in [0.1, 0.15) is 6.33 Å². The number of Topliss-reactive ketones (excluding diaryl/α,β-unsaturated/α-hetero) is 1. The number of halogens is 2. The van der Waals surface area contributed by atoms with Gasteiger partial charge in [-0.05, 0) is 18.2 Å². The van der Waals surface area contributed by atoms with Crippen molar-refractivity contribution in [2.45, 2.75) is 5.16 Å². The lowest BCUT2D eigenvalue weighted by molar-refractivity contribution is 0.102. The van der Waals surface area contributed by atoms with E-state index in [-0.39, 0.29) is 11.5 Å². The van der Waals surface area contributed by atoms with E-state index >= 15 is 0 Å². The van der Waals surface area contributed by atoms with Gasteiger partial charge in [0.15, 0.2) is 10.9 Å². The molecule has 0 saturated heterocycles. The largest absolute Gasteiger partial charge is 0.293 e. The number of hydrogen-bond donors (Lipinski definition) is 0. The molecule has 0 unspecified atom stereocenters. The van der Waals surface area contributed by atoms with Crippen molar-refractivity contribution < 1.29 is 4.79 Å². The van der Waals surface area contributed by atoms with E-state index in [1.165, 1.54) is 18.1 Å². The Bertz CT molecular complexity index is 585. The van der Waals surface area contributed by atoms with Gasteiger partial charge in [-0.2, -0.15) is 5.10 Å². The molecule has 0 fully saturated rings. The summed E-state index contributed by atoms with van der Waals surface area (Å²) in [7, 11) is 1.78. The molecule has 2 aromatic rings. The Morgan fingerprint density at radius 1 is 1.39 bits per heavy atom. The third-order valence-corrected chi connectivity index (χ3v) is 4.02. The summed E-state index contributed by atoms with van der Waals surface area (Å²) in [6.07, 6.45) is 1.45. The van der Waals surface area contributed by atoms with Crippen molar-refractivity contribution in [1.29, 1.82) is 0 Å². The minimum absolute atomic E-state index is 0.0263. The highest BCUT2D eigenvalue weighted by Crippen LogP contribution is 2.24. The second-order valence-corrected chi connectivity index (χ2v) is 5.26. The lowest BCUT2D eigenvalue weighted by Gasteiger charge is -2.02. The fourth-order valence-electron chi connectivity index (χ4n) is 1.30. The number of ketones is 1. The predicted octanol–water partition coefficient (Wildman–Crippen LogP) is 3.10. The molecule has 0 saturated carbocycles. The van der Waals surface area contributed by atoms with Crippen molar-refractivity contribution in [3.63, 3.8) is 0 Å². The Morgan fingerprint density at radius 3 is 2.78 bits per heavy atom. The van der Waals surface area contributed by atoms with Crippen LogP contribution in [0.25, 0.3) is 0 Å². The molecule has 0 amide bonds. The highest BCUT2D eigenvalue weighted by atomic mass is 35.5. The van der Waals surface area contributed by atoms with Crippen molar-refractivity contribution in [2.75, 3.05) is 5.75 Å². The van der Waals surface area contributed by atoms with Gasteiger partial charge in [0.2, 0.25) is 0 Å². The number of nitrogens with zero attached hydrogens (tertiary/aromatic N) is 3. The van der Waals surface area contributed by atoms with Gasteiger partial charge in [-0.3, -0.25) is 4.79 Å². The first kappa shape index (κ1) is 13.4. The van der Waals surface area contributed by atoms with E-state index in [9.17, 15) is 4.79 Å². The van der Waals surface area contributed by atoms with Crippen LogP contribution in [-0.4, -0.2) is 26.3 Å². The van der Waals surface area contributed by atoms with Gasteiger partial charge >= 0.3 is 0 Å². The SMILES string of the molecule is Cn1ncnc1SCC(=O)c1ccc(Cl)c(Cl)c1. The maximum Gasteiger partial charge on any atom is 0.186 e. The first-order chi connectivity index (χ1) is 8.58. The van der Waals surface area contributed by atoms with Crippen molar-refractivity contribution >= 4 is 40.7 Å². The Morgan fingerprint density at radius 2 is 2.17 bits per heavy atom. The molecule has 1 aromatic heterocycles. The van der Waals surface area contributed by atoms with E-state index in [0.29, 0.717) is 20.8 Å². The summed E-state index contributed by atoms with van der Waals surface area (Å²) in [5.74, 6) is 0.256. The molecule has 0 atom stereocenters. The zero-order valence-corrected chi connectivity index (χ0v) is 11.8. The van der Waals surface area contributed by atoms with Gasteiger partial charge in [-0.15, -0.1) is 0 Å². The zero-order valence-electron chi connectivity index (χ0n) is 9.43. The van der Waals surface area contributed by atoms with E-state index in [4.69, 9.17) is 23.2 Å². The molecule has 0 radical (unpaired) electrons. The number of aromatic nitrogens is 3. The molecule has 0 aliphatic heterocycles. The molecule has 0 N–H and O–H groups in total. The quantitative estimate of drug-likeness (QED) is 0.643. The third-order valence-electron chi connectivity index (χ3n) is 2.24. The third kappa shape index (κ3) is 3.04. The average Bonchev–Trinajstić information content (AvgIpc) is 2.75. The molecular formula is C11H9Cl2N3OS. The summed E-state index contributed by atoms with van der Waals surface area (Å²) in [6.45, 7) is 0. The van der Waals surface area contributed by atoms with E-state index < -0.39 is 0 Å². The van der Waals surface area contributed by atoms with E-state index in [1.807, 2.05) is 0 Å². The maximum absolute atomic E-state index is 11.9. The van der Waals surface area contributed by atoms with Crippen molar-refractivity contribution in [3.05, 3.63) is 40.1 Å². The van der Waals surface area contributed by atoms with Crippen LogP contribution in [0.4, 0.5) is 0 Å². The Hall–Kier alpha value is -1.04. The summed E-state index contributed by atoms with van der Waals surface area (Å²) in [5.41, 5.74) is 0.541. The van der Waals surface area contributed by atoms with Crippen LogP contribution >= 0.6 is 35.0 Å². The summed E-state index contributed by atoms with van der Waals surface area (Å²) < 4.78 is 1.62. The van der Waals surface area contributed by atoms with Gasteiger partial charge in [0.25, 0.3) is 0 Å². The van der Waals surface area contributed by atoms with Crippen LogP contribution in [-0.2, 0) is 7.05 Å². The Kier molecular flexibility index (Phi) is 4.27. The van der Waals surface area contributed by atoms with Gasteiger partial charge < -0.3 is 0 Å². The number of carbonyl (C=O) groups excluding carboxylic acids is 1. The highest BCUT2D eigenvalue weighted by molar-refractivity contribution is 7.99. The molecule has 0 aliphatic rings.